The topological polar surface area (TPSA) is 75.4 Å². The maximum absolute atomic E-state index is 12.0. The van der Waals surface area contributed by atoms with Crippen molar-refractivity contribution in [3.63, 3.8) is 0 Å². The molecule has 0 aliphatic carbocycles. The molecule has 0 aromatic carbocycles. The number of unbranched alkanes of at least 4 members (excludes halogenated alkanes) is 1. The summed E-state index contributed by atoms with van der Waals surface area (Å²) < 4.78 is 0. The van der Waals surface area contributed by atoms with Crippen molar-refractivity contribution in [2.45, 2.75) is 58.0 Å². The van der Waals surface area contributed by atoms with Gasteiger partial charge >= 0.3 is 0 Å². The highest BCUT2D eigenvalue weighted by Crippen LogP contribution is 2.18. The average Bonchev–Trinajstić information content (AvgIpc) is 2.86. The summed E-state index contributed by atoms with van der Waals surface area (Å²) in [7, 11) is 0. The highest BCUT2D eigenvalue weighted by molar-refractivity contribution is 5.90. The monoisotopic (exact) mass is 255 g/mol. The summed E-state index contributed by atoms with van der Waals surface area (Å²) >= 11 is 0. The first-order valence-corrected chi connectivity index (χ1v) is 6.95. The lowest BCUT2D eigenvalue weighted by Crippen LogP contribution is -2.51. The van der Waals surface area contributed by atoms with Crippen LogP contribution in [0, 0.1) is 0 Å². The van der Waals surface area contributed by atoms with E-state index in [1.54, 1.807) is 4.90 Å². The minimum Gasteiger partial charge on any atom is -0.354 e. The number of rotatable bonds is 6. The van der Waals surface area contributed by atoms with E-state index < -0.39 is 6.04 Å². The first-order chi connectivity index (χ1) is 8.61. The largest absolute Gasteiger partial charge is 0.354 e. The van der Waals surface area contributed by atoms with E-state index in [1.165, 1.54) is 0 Å². The Morgan fingerprint density at radius 1 is 1.44 bits per heavy atom. The van der Waals surface area contributed by atoms with E-state index in [-0.39, 0.29) is 17.9 Å². The third-order valence-electron chi connectivity index (χ3n) is 3.43. The Labute approximate surface area is 109 Å². The minimum atomic E-state index is -0.478. The van der Waals surface area contributed by atoms with Gasteiger partial charge in [-0.3, -0.25) is 9.59 Å². The van der Waals surface area contributed by atoms with Gasteiger partial charge in [0.25, 0.3) is 0 Å². The Morgan fingerprint density at radius 3 is 2.78 bits per heavy atom. The molecule has 0 aromatic rings. The summed E-state index contributed by atoms with van der Waals surface area (Å²) in [6.45, 7) is 5.30. The molecule has 2 amide bonds. The Morgan fingerprint density at radius 2 is 2.17 bits per heavy atom. The highest BCUT2D eigenvalue weighted by atomic mass is 16.2. The van der Waals surface area contributed by atoms with E-state index in [2.05, 4.69) is 12.2 Å². The quantitative estimate of drug-likeness (QED) is 0.684. The van der Waals surface area contributed by atoms with Crippen LogP contribution in [0.3, 0.4) is 0 Å². The van der Waals surface area contributed by atoms with Crippen LogP contribution in [0.1, 0.15) is 46.0 Å². The van der Waals surface area contributed by atoms with Crippen molar-refractivity contribution in [1.29, 1.82) is 0 Å². The summed E-state index contributed by atoms with van der Waals surface area (Å²) in [6.07, 6.45) is 4.27. The van der Waals surface area contributed by atoms with Gasteiger partial charge in [-0.1, -0.05) is 20.3 Å². The van der Waals surface area contributed by atoms with Gasteiger partial charge in [0.1, 0.15) is 6.04 Å². The molecule has 2 atom stereocenters. The molecule has 1 saturated heterocycles. The molecule has 1 aliphatic heterocycles. The first-order valence-electron chi connectivity index (χ1n) is 6.95. The van der Waals surface area contributed by atoms with Gasteiger partial charge in [-0.2, -0.15) is 0 Å². The van der Waals surface area contributed by atoms with E-state index >= 15 is 0 Å². The van der Waals surface area contributed by atoms with E-state index in [1.807, 2.05) is 6.92 Å². The van der Waals surface area contributed by atoms with Crippen LogP contribution in [0.15, 0.2) is 0 Å². The molecule has 0 radical (unpaired) electrons. The van der Waals surface area contributed by atoms with Crippen LogP contribution in [0.2, 0.25) is 0 Å². The zero-order valence-corrected chi connectivity index (χ0v) is 11.4. The number of hydrogen-bond acceptors (Lipinski definition) is 3. The van der Waals surface area contributed by atoms with Crippen molar-refractivity contribution >= 4 is 11.8 Å². The lowest BCUT2D eigenvalue weighted by Gasteiger charge is -2.26. The van der Waals surface area contributed by atoms with Crippen molar-refractivity contribution < 1.29 is 9.59 Å². The Bertz CT molecular complexity index is 294. The Hall–Kier alpha value is -1.10. The average molecular weight is 255 g/mol. The number of nitrogens with two attached hydrogens (primary N) is 1. The molecule has 1 rings (SSSR count). The smallest absolute Gasteiger partial charge is 0.242 e. The molecule has 0 bridgehead atoms. The molecule has 5 nitrogen and oxygen atoms in total. The van der Waals surface area contributed by atoms with Gasteiger partial charge in [-0.15, -0.1) is 0 Å². The van der Waals surface area contributed by atoms with Crippen molar-refractivity contribution in [3.8, 4) is 0 Å². The van der Waals surface area contributed by atoms with Gasteiger partial charge in [-0.05, 0) is 25.7 Å². The van der Waals surface area contributed by atoms with Crippen molar-refractivity contribution in [1.82, 2.24) is 10.2 Å². The van der Waals surface area contributed by atoms with E-state index in [0.29, 0.717) is 19.5 Å². The summed E-state index contributed by atoms with van der Waals surface area (Å²) in [6, 6.07) is -0.791. The summed E-state index contributed by atoms with van der Waals surface area (Å²) in [4.78, 5) is 25.7. The lowest BCUT2D eigenvalue weighted by molar-refractivity contribution is -0.139. The molecule has 1 heterocycles. The van der Waals surface area contributed by atoms with Crippen molar-refractivity contribution in [3.05, 3.63) is 0 Å². The summed E-state index contributed by atoms with van der Waals surface area (Å²) in [5.74, 6) is -0.122. The zero-order chi connectivity index (χ0) is 13.5. The second-order valence-corrected chi connectivity index (χ2v) is 4.85. The van der Waals surface area contributed by atoms with Crippen LogP contribution in [0.25, 0.3) is 0 Å². The zero-order valence-electron chi connectivity index (χ0n) is 11.4. The molecule has 1 aliphatic rings. The number of hydrogen-bond donors (Lipinski definition) is 2. The summed E-state index contributed by atoms with van der Waals surface area (Å²) in [5, 5.41) is 2.89. The molecule has 3 N–H and O–H groups in total. The molecule has 5 heteroatoms. The fourth-order valence-corrected chi connectivity index (χ4v) is 2.20. The van der Waals surface area contributed by atoms with Crippen LogP contribution in [0.4, 0.5) is 0 Å². The number of nitrogens with zero attached hydrogens (tertiary/aromatic N) is 1. The SMILES string of the molecule is CCCCNC(=O)[C@@H]1CCCN1C(=O)[C@@H](N)CC. The maximum atomic E-state index is 12.0. The predicted octanol–water partition coefficient (Wildman–Crippen LogP) is 0.631. The Kier molecular flexibility index (Phi) is 6.12. The Balaban J connectivity index is 2.53. The molecule has 0 aromatic heterocycles. The number of amides is 2. The van der Waals surface area contributed by atoms with Gasteiger partial charge in [0.15, 0.2) is 0 Å². The first kappa shape index (κ1) is 15.0. The van der Waals surface area contributed by atoms with Gasteiger partial charge in [0.05, 0.1) is 6.04 Å². The molecule has 0 saturated carbocycles. The van der Waals surface area contributed by atoms with Crippen LogP contribution in [0.5, 0.6) is 0 Å². The van der Waals surface area contributed by atoms with Gasteiger partial charge in [-0.25, -0.2) is 0 Å². The minimum absolute atomic E-state index is 0.0300. The van der Waals surface area contributed by atoms with Crippen molar-refractivity contribution in [2.75, 3.05) is 13.1 Å². The summed E-state index contributed by atoms with van der Waals surface area (Å²) in [5.41, 5.74) is 5.76. The number of carbonyl (C=O) groups is 2. The number of carbonyl (C=O) groups excluding carboxylic acids is 2. The van der Waals surface area contributed by atoms with E-state index in [9.17, 15) is 9.59 Å². The van der Waals surface area contributed by atoms with Crippen LogP contribution >= 0.6 is 0 Å². The number of likely N-dealkylation sites (tertiary alicyclic amines) is 1. The van der Waals surface area contributed by atoms with Crippen LogP contribution in [-0.2, 0) is 9.59 Å². The van der Waals surface area contributed by atoms with Crippen LogP contribution < -0.4 is 11.1 Å². The fraction of sp³-hybridized carbons (Fsp3) is 0.846. The van der Waals surface area contributed by atoms with Gasteiger partial charge < -0.3 is 16.0 Å². The molecule has 1 fully saturated rings. The van der Waals surface area contributed by atoms with E-state index in [0.717, 1.165) is 25.7 Å². The van der Waals surface area contributed by atoms with E-state index in [4.69, 9.17) is 5.73 Å². The second kappa shape index (κ2) is 7.36. The second-order valence-electron chi connectivity index (χ2n) is 4.85. The maximum Gasteiger partial charge on any atom is 0.242 e. The van der Waals surface area contributed by atoms with Crippen molar-refractivity contribution in [2.24, 2.45) is 5.73 Å². The standard InChI is InChI=1S/C13H25N3O2/c1-3-5-8-15-12(17)11-7-6-9-16(11)13(18)10(14)4-2/h10-11H,3-9,14H2,1-2H3,(H,15,17)/t10-,11-/m0/s1. The molecule has 18 heavy (non-hydrogen) atoms. The lowest BCUT2D eigenvalue weighted by atomic mass is 10.1. The normalized spacial score (nSPS) is 20.8. The third-order valence-corrected chi connectivity index (χ3v) is 3.43. The van der Waals surface area contributed by atoms with Gasteiger partial charge in [0, 0.05) is 13.1 Å². The molecule has 104 valence electrons. The number of nitrogens with one attached hydrogen (secondary N) is 1. The molecule has 0 spiro atoms. The highest BCUT2D eigenvalue weighted by Gasteiger charge is 2.35. The third kappa shape index (κ3) is 3.70. The van der Waals surface area contributed by atoms with Crippen LogP contribution in [-0.4, -0.2) is 41.9 Å². The predicted molar refractivity (Wildman–Crippen MR) is 70.9 cm³/mol. The molecular weight excluding hydrogens is 230 g/mol. The molecular formula is C13H25N3O2. The van der Waals surface area contributed by atoms with Gasteiger partial charge in [0.2, 0.25) is 11.8 Å². The fourth-order valence-electron chi connectivity index (χ4n) is 2.20. The molecule has 0 unspecified atom stereocenters.